The minimum Gasteiger partial charge on any atom is -0.278 e. The van der Waals surface area contributed by atoms with Crippen molar-refractivity contribution in [2.75, 3.05) is 11.6 Å². The van der Waals surface area contributed by atoms with Crippen molar-refractivity contribution in [2.24, 2.45) is 0 Å². The summed E-state index contributed by atoms with van der Waals surface area (Å²) in [6.45, 7) is 5.71. The largest absolute Gasteiger partial charge is 0.294 e. The first-order valence-corrected chi connectivity index (χ1v) is 6.01. The van der Waals surface area contributed by atoms with Crippen LogP contribution < -0.4 is 10.4 Å². The van der Waals surface area contributed by atoms with Crippen LogP contribution in [0.1, 0.15) is 18.9 Å². The van der Waals surface area contributed by atoms with Gasteiger partial charge in [-0.2, -0.15) is 0 Å². The number of anilines is 1. The highest BCUT2D eigenvalue weighted by Gasteiger charge is 2.27. The average molecular weight is 261 g/mol. The van der Waals surface area contributed by atoms with Crippen molar-refractivity contribution in [2.45, 2.75) is 19.8 Å². The van der Waals surface area contributed by atoms with Gasteiger partial charge in [0.2, 0.25) is 0 Å². The summed E-state index contributed by atoms with van der Waals surface area (Å²) in [5.41, 5.74) is 4.40. The number of hydrazine groups is 1. The van der Waals surface area contributed by atoms with Gasteiger partial charge in [-0.1, -0.05) is 18.7 Å². The third-order valence-corrected chi connectivity index (χ3v) is 3.02. The zero-order chi connectivity index (χ0) is 14.0. The van der Waals surface area contributed by atoms with E-state index in [1.165, 1.54) is 6.07 Å². The number of carbonyl (C=O) groups is 1. The first-order chi connectivity index (χ1) is 9.00. The van der Waals surface area contributed by atoms with Gasteiger partial charge in [-0.05, 0) is 25.3 Å². The van der Waals surface area contributed by atoms with Crippen molar-refractivity contribution in [3.8, 4) is 0 Å². The SMILES string of the molecule is C=C(C)C(=O)NN1CCCc2cccc([N+](=O)[O-])c21. The topological polar surface area (TPSA) is 75.5 Å². The highest BCUT2D eigenvalue weighted by Crippen LogP contribution is 2.34. The van der Waals surface area contributed by atoms with Crippen LogP contribution in [0.4, 0.5) is 11.4 Å². The van der Waals surface area contributed by atoms with Crippen molar-refractivity contribution in [3.05, 3.63) is 46.0 Å². The van der Waals surface area contributed by atoms with Crippen molar-refractivity contribution < 1.29 is 9.72 Å². The summed E-state index contributed by atoms with van der Waals surface area (Å²) in [5, 5.41) is 12.6. The molecule has 0 bridgehead atoms. The number of nitro benzene ring substituents is 1. The number of benzene rings is 1. The molecular formula is C13H15N3O3. The molecule has 1 aromatic carbocycles. The summed E-state index contributed by atoms with van der Waals surface area (Å²) in [5.74, 6) is -0.328. The van der Waals surface area contributed by atoms with Crippen LogP contribution in [0, 0.1) is 10.1 Å². The number of nitro groups is 1. The second-order valence-electron chi connectivity index (χ2n) is 4.52. The smallest absolute Gasteiger partial charge is 0.278 e. The molecule has 0 saturated heterocycles. The lowest BCUT2D eigenvalue weighted by molar-refractivity contribution is -0.384. The van der Waals surface area contributed by atoms with Crippen molar-refractivity contribution in [3.63, 3.8) is 0 Å². The molecule has 0 unspecified atom stereocenters. The Hall–Kier alpha value is -2.37. The molecule has 0 saturated carbocycles. The second kappa shape index (κ2) is 5.09. The van der Waals surface area contributed by atoms with Gasteiger partial charge >= 0.3 is 0 Å². The van der Waals surface area contributed by atoms with E-state index in [0.717, 1.165) is 18.4 Å². The number of hydrogen-bond acceptors (Lipinski definition) is 4. The maximum absolute atomic E-state index is 11.7. The number of carbonyl (C=O) groups excluding carboxylic acids is 1. The van der Waals surface area contributed by atoms with E-state index in [-0.39, 0.29) is 11.6 Å². The molecule has 0 fully saturated rings. The molecule has 0 aliphatic carbocycles. The fraction of sp³-hybridized carbons (Fsp3) is 0.308. The van der Waals surface area contributed by atoms with Crippen molar-refractivity contribution in [1.82, 2.24) is 5.43 Å². The minimum atomic E-state index is -0.427. The van der Waals surface area contributed by atoms with Gasteiger partial charge in [-0.3, -0.25) is 25.3 Å². The molecule has 6 heteroatoms. The van der Waals surface area contributed by atoms with Crippen molar-refractivity contribution >= 4 is 17.3 Å². The second-order valence-corrected chi connectivity index (χ2v) is 4.52. The molecule has 19 heavy (non-hydrogen) atoms. The van der Waals surface area contributed by atoms with Crippen LogP contribution in [0.2, 0.25) is 0 Å². The number of para-hydroxylation sites is 1. The number of amides is 1. The van der Waals surface area contributed by atoms with Gasteiger partial charge in [-0.25, -0.2) is 0 Å². The molecule has 2 rings (SSSR count). The summed E-state index contributed by atoms with van der Waals surface area (Å²) in [4.78, 5) is 22.3. The van der Waals surface area contributed by atoms with Crippen LogP contribution in [-0.4, -0.2) is 17.4 Å². The maximum Gasteiger partial charge on any atom is 0.294 e. The monoisotopic (exact) mass is 261 g/mol. The van der Waals surface area contributed by atoms with Crippen LogP contribution in [-0.2, 0) is 11.2 Å². The van der Waals surface area contributed by atoms with Gasteiger partial charge in [0, 0.05) is 18.2 Å². The Labute approximate surface area is 110 Å². The first-order valence-electron chi connectivity index (χ1n) is 6.01. The molecule has 0 atom stereocenters. The Balaban J connectivity index is 2.39. The predicted octanol–water partition coefficient (Wildman–Crippen LogP) is 1.95. The highest BCUT2D eigenvalue weighted by molar-refractivity contribution is 5.93. The molecule has 1 aliphatic rings. The first kappa shape index (κ1) is 13.1. The third-order valence-electron chi connectivity index (χ3n) is 3.02. The van der Waals surface area contributed by atoms with E-state index in [1.807, 2.05) is 6.07 Å². The molecule has 100 valence electrons. The lowest BCUT2D eigenvalue weighted by Crippen LogP contribution is -2.45. The van der Waals surface area contributed by atoms with Gasteiger partial charge < -0.3 is 0 Å². The number of fused-ring (bicyclic) bond motifs is 1. The molecule has 0 radical (unpaired) electrons. The summed E-state index contributed by atoms with van der Waals surface area (Å²) in [6, 6.07) is 4.96. The van der Waals surface area contributed by atoms with E-state index in [2.05, 4.69) is 12.0 Å². The molecule has 1 amide bonds. The third kappa shape index (κ3) is 2.57. The zero-order valence-electron chi connectivity index (χ0n) is 10.7. The van der Waals surface area contributed by atoms with Gasteiger partial charge in [0.1, 0.15) is 5.69 Å². The maximum atomic E-state index is 11.7. The summed E-state index contributed by atoms with van der Waals surface area (Å²) in [6.07, 6.45) is 1.61. The molecule has 0 spiro atoms. The fourth-order valence-corrected chi connectivity index (χ4v) is 2.11. The highest BCUT2D eigenvalue weighted by atomic mass is 16.6. The van der Waals surface area contributed by atoms with Crippen LogP contribution >= 0.6 is 0 Å². The quantitative estimate of drug-likeness (QED) is 0.512. The number of aryl methyl sites for hydroxylation is 1. The molecule has 1 N–H and O–H groups in total. The van der Waals surface area contributed by atoms with Crippen LogP contribution in [0.25, 0.3) is 0 Å². The molecule has 1 aliphatic heterocycles. The lowest BCUT2D eigenvalue weighted by Gasteiger charge is -2.30. The van der Waals surface area contributed by atoms with Crippen molar-refractivity contribution in [1.29, 1.82) is 0 Å². The normalized spacial score (nSPS) is 13.6. The number of nitrogens with zero attached hydrogens (tertiary/aromatic N) is 2. The predicted molar refractivity (Wildman–Crippen MR) is 71.7 cm³/mol. The van der Waals surface area contributed by atoms with Gasteiger partial charge in [0.05, 0.1) is 4.92 Å². The van der Waals surface area contributed by atoms with E-state index in [1.54, 1.807) is 18.0 Å². The Kier molecular flexibility index (Phi) is 3.50. The average Bonchev–Trinajstić information content (AvgIpc) is 2.38. The van der Waals surface area contributed by atoms with E-state index in [0.29, 0.717) is 17.8 Å². The minimum absolute atomic E-state index is 0.0132. The number of nitrogens with one attached hydrogen (secondary N) is 1. The molecule has 1 aromatic rings. The summed E-state index contributed by atoms with van der Waals surface area (Å²) in [7, 11) is 0. The van der Waals surface area contributed by atoms with Gasteiger partial charge in [-0.15, -0.1) is 0 Å². The van der Waals surface area contributed by atoms with E-state index in [4.69, 9.17) is 0 Å². The Bertz CT molecular complexity index is 554. The molecule has 1 heterocycles. The Morgan fingerprint density at radius 2 is 2.26 bits per heavy atom. The van der Waals surface area contributed by atoms with Crippen LogP contribution in [0.3, 0.4) is 0 Å². The summed E-state index contributed by atoms with van der Waals surface area (Å²) >= 11 is 0. The van der Waals surface area contributed by atoms with Gasteiger partial charge in [0.25, 0.3) is 11.6 Å². The van der Waals surface area contributed by atoms with E-state index in [9.17, 15) is 14.9 Å². The molecule has 6 nitrogen and oxygen atoms in total. The Morgan fingerprint density at radius 1 is 1.53 bits per heavy atom. The van der Waals surface area contributed by atoms with Crippen LogP contribution in [0.15, 0.2) is 30.4 Å². The van der Waals surface area contributed by atoms with Crippen LogP contribution in [0.5, 0.6) is 0 Å². The number of hydrogen-bond donors (Lipinski definition) is 1. The standard InChI is InChI=1S/C13H15N3O3/c1-9(2)13(17)14-15-8-4-6-10-5-3-7-11(12(10)15)16(18)19/h3,5,7H,1,4,6,8H2,2H3,(H,14,17). The van der Waals surface area contributed by atoms with E-state index >= 15 is 0 Å². The number of rotatable bonds is 3. The molecule has 0 aromatic heterocycles. The van der Waals surface area contributed by atoms with E-state index < -0.39 is 4.92 Å². The lowest BCUT2D eigenvalue weighted by atomic mass is 10.0. The fourth-order valence-electron chi connectivity index (χ4n) is 2.11. The Morgan fingerprint density at radius 3 is 2.89 bits per heavy atom. The van der Waals surface area contributed by atoms with Gasteiger partial charge in [0.15, 0.2) is 0 Å². The zero-order valence-corrected chi connectivity index (χ0v) is 10.7. The molecular weight excluding hydrogens is 246 g/mol. The summed E-state index contributed by atoms with van der Waals surface area (Å²) < 4.78 is 0.